The van der Waals surface area contributed by atoms with Gasteiger partial charge in [-0.1, -0.05) is 238 Å². The predicted octanol–water partition coefficient (Wildman–Crippen LogP) is 18.3. The van der Waals surface area contributed by atoms with Crippen molar-refractivity contribution in [3.8, 4) is 62.1 Å². The van der Waals surface area contributed by atoms with Crippen molar-refractivity contribution < 1.29 is 0 Å². The normalized spacial score (nSPS) is 14.2. The fourth-order valence-corrected chi connectivity index (χ4v) is 10.5. The van der Waals surface area contributed by atoms with E-state index in [1.807, 2.05) is 36.4 Å². The van der Waals surface area contributed by atoms with Crippen molar-refractivity contribution in [3.63, 3.8) is 0 Å². The van der Waals surface area contributed by atoms with Crippen LogP contribution in [0.5, 0.6) is 0 Å². The number of fused-ring (bicyclic) bond motifs is 3. The number of nitrogens with zero attached hydrogens (tertiary/aromatic N) is 4. The molecule has 4 nitrogen and oxygen atoms in total. The lowest BCUT2D eigenvalue weighted by atomic mass is 9.79. The van der Waals surface area contributed by atoms with Crippen molar-refractivity contribution in [2.45, 2.75) is 90.9 Å². The number of benzene rings is 8. The third kappa shape index (κ3) is 9.28. The Hall–Kier alpha value is -7.95. The van der Waals surface area contributed by atoms with E-state index in [-0.39, 0.29) is 22.2 Å². The maximum Gasteiger partial charge on any atom is 0.164 e. The Morgan fingerprint density at radius 1 is 0.425 bits per heavy atom. The summed E-state index contributed by atoms with van der Waals surface area (Å²) in [5.41, 5.74) is 18.1. The lowest BCUT2D eigenvalue weighted by molar-refractivity contribution is 0.572. The summed E-state index contributed by atoms with van der Waals surface area (Å²) < 4.78 is 2.62. The minimum atomic E-state index is -0.199. The van der Waals surface area contributed by atoms with Gasteiger partial charge in [0.1, 0.15) is 0 Å². The Bertz CT molecular complexity index is 3650. The van der Waals surface area contributed by atoms with Crippen molar-refractivity contribution in [2.24, 2.45) is 0 Å². The monoisotopic (exact) mass is 949 g/mol. The number of hydrogen-bond acceptors (Lipinski definition) is 3. The average molecular weight is 949 g/mol. The smallest absolute Gasteiger partial charge is 0.164 e. The predicted molar refractivity (Wildman–Crippen MR) is 308 cm³/mol. The highest BCUT2D eigenvalue weighted by Crippen LogP contribution is 2.48. The first-order chi connectivity index (χ1) is 35.1. The first kappa shape index (κ1) is 47.4. The molecule has 2 heterocycles. The minimum Gasteiger partial charge on any atom is -0.308 e. The van der Waals surface area contributed by atoms with Crippen molar-refractivity contribution >= 4 is 27.4 Å². The molecule has 2 aromatic heterocycles. The van der Waals surface area contributed by atoms with E-state index in [4.69, 9.17) is 15.0 Å². The van der Waals surface area contributed by atoms with Crippen molar-refractivity contribution in [1.82, 2.24) is 19.5 Å². The van der Waals surface area contributed by atoms with Gasteiger partial charge in [0.25, 0.3) is 0 Å². The highest BCUT2D eigenvalue weighted by molar-refractivity contribution is 6.12. The molecule has 0 saturated carbocycles. The Kier molecular flexibility index (Phi) is 12.1. The molecule has 1 unspecified atom stereocenters. The maximum atomic E-state index is 5.36. The Balaban J connectivity index is 1.28. The number of aromatic nitrogens is 4. The molecule has 0 bridgehead atoms. The van der Waals surface area contributed by atoms with E-state index >= 15 is 0 Å². The van der Waals surface area contributed by atoms with Gasteiger partial charge < -0.3 is 4.57 Å². The molecule has 11 rings (SSSR count). The summed E-state index contributed by atoms with van der Waals surface area (Å²) in [7, 11) is 0. The second-order valence-electron chi connectivity index (χ2n) is 22.9. The van der Waals surface area contributed by atoms with E-state index in [2.05, 4.69) is 237 Å². The SMILES string of the molecule is CC(C)(C)c1ccc2c(c1)c1cc(C(C)(C)C)cc(C(C)(C)C)c1n2-c1c(C2=CCC(c3ccccc3)C=C2)cc(-c2nc(-c3ccccc3)nc(-c3ccccc3)n2)cc1-c1ccc(-c2ccccc2)cc1. The van der Waals surface area contributed by atoms with E-state index in [0.717, 1.165) is 51.1 Å². The molecule has 0 amide bonds. The molecule has 0 spiro atoms. The van der Waals surface area contributed by atoms with Gasteiger partial charge in [0.05, 0.1) is 16.7 Å². The van der Waals surface area contributed by atoms with E-state index < -0.39 is 0 Å². The third-order valence-electron chi connectivity index (χ3n) is 14.6. The summed E-state index contributed by atoms with van der Waals surface area (Å²) in [4.78, 5) is 15.9. The largest absolute Gasteiger partial charge is 0.308 e. The van der Waals surface area contributed by atoms with Crippen LogP contribution in [0.25, 0.3) is 89.5 Å². The zero-order valence-corrected chi connectivity index (χ0v) is 43.7. The molecule has 0 radical (unpaired) electrons. The van der Waals surface area contributed by atoms with Crippen LogP contribution in [0.15, 0.2) is 206 Å². The highest BCUT2D eigenvalue weighted by atomic mass is 15.0. The molecule has 8 aromatic carbocycles. The molecule has 10 aromatic rings. The number of allylic oxidation sites excluding steroid dienone is 4. The Labute approximate surface area is 431 Å². The highest BCUT2D eigenvalue weighted by Gasteiger charge is 2.31. The maximum absolute atomic E-state index is 5.36. The zero-order chi connectivity index (χ0) is 50.6. The molecular weight excluding hydrogens is 885 g/mol. The molecular formula is C69H64N4. The average Bonchev–Trinajstić information content (AvgIpc) is 3.73. The molecule has 0 fully saturated rings. The molecule has 1 atom stereocenters. The van der Waals surface area contributed by atoms with Gasteiger partial charge in [-0.3, -0.25) is 0 Å². The van der Waals surface area contributed by atoms with Gasteiger partial charge in [-0.25, -0.2) is 15.0 Å². The van der Waals surface area contributed by atoms with Gasteiger partial charge in [-0.05, 0) is 97.5 Å². The quantitative estimate of drug-likeness (QED) is 0.152. The van der Waals surface area contributed by atoms with Crippen LogP contribution in [-0.4, -0.2) is 19.5 Å². The number of rotatable bonds is 8. The van der Waals surface area contributed by atoms with Gasteiger partial charge in [-0.15, -0.1) is 0 Å². The van der Waals surface area contributed by atoms with Crippen LogP contribution in [0.4, 0.5) is 0 Å². The van der Waals surface area contributed by atoms with Gasteiger partial charge >= 0.3 is 0 Å². The van der Waals surface area contributed by atoms with Crippen LogP contribution >= 0.6 is 0 Å². The molecule has 1 aliphatic rings. The second kappa shape index (κ2) is 18.6. The van der Waals surface area contributed by atoms with E-state index in [0.29, 0.717) is 17.5 Å². The molecule has 0 aliphatic heterocycles. The van der Waals surface area contributed by atoms with Gasteiger partial charge in [-0.2, -0.15) is 0 Å². The van der Waals surface area contributed by atoms with Crippen molar-refractivity contribution in [1.29, 1.82) is 0 Å². The van der Waals surface area contributed by atoms with E-state index in [9.17, 15) is 0 Å². The van der Waals surface area contributed by atoms with Crippen LogP contribution in [-0.2, 0) is 16.2 Å². The summed E-state index contributed by atoms with van der Waals surface area (Å²) >= 11 is 0. The zero-order valence-electron chi connectivity index (χ0n) is 43.7. The number of hydrogen-bond donors (Lipinski definition) is 0. The first-order valence-electron chi connectivity index (χ1n) is 25.9. The summed E-state index contributed by atoms with van der Waals surface area (Å²) in [6, 6.07) is 68.1. The summed E-state index contributed by atoms with van der Waals surface area (Å²) in [5.74, 6) is 2.15. The molecule has 0 N–H and O–H groups in total. The Morgan fingerprint density at radius 2 is 0.918 bits per heavy atom. The van der Waals surface area contributed by atoms with Gasteiger partial charge in [0.2, 0.25) is 0 Å². The summed E-state index contributed by atoms with van der Waals surface area (Å²) in [6.45, 7) is 21.1. The molecule has 4 heteroatoms. The topological polar surface area (TPSA) is 43.6 Å². The lowest BCUT2D eigenvalue weighted by Crippen LogP contribution is -2.18. The standard InChI is InChI=1S/C69H64N4/c1-67(2,3)54-38-39-61-58(42-54)59-43-55(68(4,5)6)44-60(69(7,8)9)63(59)73(61)62-56(49-34-30-47(31-35-49)45-22-14-10-15-23-45)40-53(41-57(62)50-36-32-48(33-37-50)46-24-16-11-17-25-46)66-71-64(51-26-18-12-19-27-51)70-65(72-66)52-28-20-13-21-29-52/h10-32,34-44,48H,33H2,1-9H3. The van der Waals surface area contributed by atoms with Crippen molar-refractivity contribution in [3.05, 3.63) is 234 Å². The van der Waals surface area contributed by atoms with E-state index in [1.165, 1.54) is 55.2 Å². The van der Waals surface area contributed by atoms with Crippen LogP contribution in [0.1, 0.15) is 102 Å². The first-order valence-corrected chi connectivity index (χ1v) is 25.9. The fourth-order valence-electron chi connectivity index (χ4n) is 10.5. The van der Waals surface area contributed by atoms with Crippen LogP contribution in [0.2, 0.25) is 0 Å². The summed E-state index contributed by atoms with van der Waals surface area (Å²) in [5, 5.41) is 2.53. The molecule has 1 aliphatic carbocycles. The van der Waals surface area contributed by atoms with Crippen LogP contribution in [0, 0.1) is 0 Å². The lowest BCUT2D eigenvalue weighted by Gasteiger charge is -2.28. The van der Waals surface area contributed by atoms with Crippen molar-refractivity contribution in [2.75, 3.05) is 0 Å². The summed E-state index contributed by atoms with van der Waals surface area (Å²) in [6.07, 6.45) is 8.08. The van der Waals surface area contributed by atoms with Crippen LogP contribution < -0.4 is 0 Å². The van der Waals surface area contributed by atoms with Gasteiger partial charge in [0.15, 0.2) is 17.5 Å². The second-order valence-corrected chi connectivity index (χ2v) is 22.9. The molecule has 73 heavy (non-hydrogen) atoms. The minimum absolute atomic E-state index is 0.0513. The fraction of sp³-hybridized carbons (Fsp3) is 0.203. The Morgan fingerprint density at radius 3 is 1.45 bits per heavy atom. The molecule has 360 valence electrons. The van der Waals surface area contributed by atoms with Gasteiger partial charge in [0, 0.05) is 44.5 Å². The molecule has 0 saturated heterocycles. The third-order valence-corrected chi connectivity index (χ3v) is 14.6. The van der Waals surface area contributed by atoms with Crippen LogP contribution in [0.3, 0.4) is 0 Å². The van der Waals surface area contributed by atoms with E-state index in [1.54, 1.807) is 0 Å².